The molecule has 1 atom stereocenters. The first-order valence-corrected chi connectivity index (χ1v) is 9.54. The van der Waals surface area contributed by atoms with Gasteiger partial charge in [-0.25, -0.2) is 8.42 Å². The Kier molecular flexibility index (Phi) is 4.77. The van der Waals surface area contributed by atoms with Crippen LogP contribution in [0.3, 0.4) is 0 Å². The molecule has 2 aliphatic rings. The fourth-order valence-electron chi connectivity index (χ4n) is 3.00. The van der Waals surface area contributed by atoms with Crippen LogP contribution < -0.4 is 0 Å². The number of aromatic nitrogens is 1. The maximum absolute atomic E-state index is 12.3. The summed E-state index contributed by atoms with van der Waals surface area (Å²) in [4.78, 5) is 20.7. The maximum Gasteiger partial charge on any atom is 0.223 e. The van der Waals surface area contributed by atoms with E-state index in [0.717, 1.165) is 25.3 Å². The number of carbonyl (C=O) groups is 1. The Balaban J connectivity index is 1.45. The molecule has 1 aromatic heterocycles. The fraction of sp³-hybridized carbons (Fsp3) is 0.500. The molecule has 124 valence electrons. The summed E-state index contributed by atoms with van der Waals surface area (Å²) in [7, 11) is -3.08. The molecule has 0 N–H and O–H groups in total. The average molecular weight is 335 g/mol. The Morgan fingerprint density at radius 3 is 2.61 bits per heavy atom. The summed E-state index contributed by atoms with van der Waals surface area (Å²) in [6.45, 7) is 3.82. The zero-order valence-corrected chi connectivity index (χ0v) is 13.8. The molecule has 3 heterocycles. The van der Waals surface area contributed by atoms with Crippen LogP contribution in [0.2, 0.25) is 0 Å². The largest absolute Gasteiger partial charge is 0.340 e. The van der Waals surface area contributed by atoms with Crippen LogP contribution >= 0.6 is 0 Å². The predicted molar refractivity (Wildman–Crippen MR) is 87.1 cm³/mol. The van der Waals surface area contributed by atoms with Gasteiger partial charge < -0.3 is 4.90 Å². The van der Waals surface area contributed by atoms with Crippen LogP contribution in [-0.2, 0) is 21.2 Å². The number of nitrogens with zero attached hydrogens (tertiary/aromatic N) is 3. The number of amides is 1. The highest BCUT2D eigenvalue weighted by Gasteiger charge is 2.27. The average Bonchev–Trinajstić information content (AvgIpc) is 2.88. The molecule has 3 rings (SSSR count). The number of sulfone groups is 1. The minimum atomic E-state index is -3.08. The number of hydrogen-bond acceptors (Lipinski definition) is 5. The maximum atomic E-state index is 12.3. The number of rotatable bonds is 4. The van der Waals surface area contributed by atoms with Crippen molar-refractivity contribution in [2.75, 3.05) is 31.9 Å². The lowest BCUT2D eigenvalue weighted by molar-refractivity contribution is -0.133. The smallest absolute Gasteiger partial charge is 0.223 e. The first-order valence-electron chi connectivity index (χ1n) is 7.83. The van der Waals surface area contributed by atoms with Gasteiger partial charge in [-0.1, -0.05) is 12.1 Å². The molecule has 0 saturated carbocycles. The van der Waals surface area contributed by atoms with E-state index in [0.29, 0.717) is 13.1 Å². The lowest BCUT2D eigenvalue weighted by atomic mass is 10.1. The number of carbonyl (C=O) groups excluding carboxylic acids is 1. The van der Waals surface area contributed by atoms with Crippen molar-refractivity contribution in [2.45, 2.75) is 13.0 Å². The number of piperazine rings is 1. The van der Waals surface area contributed by atoms with Crippen LogP contribution in [0.5, 0.6) is 0 Å². The second-order valence-electron chi connectivity index (χ2n) is 6.10. The van der Waals surface area contributed by atoms with Crippen molar-refractivity contribution in [2.24, 2.45) is 5.92 Å². The molecule has 0 radical (unpaired) electrons. The third-order valence-corrected chi connectivity index (χ3v) is 5.74. The van der Waals surface area contributed by atoms with E-state index in [2.05, 4.69) is 9.88 Å². The first kappa shape index (κ1) is 16.1. The van der Waals surface area contributed by atoms with Crippen LogP contribution in [0.1, 0.15) is 12.1 Å². The monoisotopic (exact) mass is 335 g/mol. The van der Waals surface area contributed by atoms with Gasteiger partial charge in [0.1, 0.15) is 0 Å². The second-order valence-corrected chi connectivity index (χ2v) is 8.03. The summed E-state index contributed by atoms with van der Waals surface area (Å²) >= 11 is 0. The predicted octanol–water partition coefficient (Wildman–Crippen LogP) is 0.674. The van der Waals surface area contributed by atoms with Crippen LogP contribution in [-0.4, -0.2) is 61.0 Å². The van der Waals surface area contributed by atoms with Crippen molar-refractivity contribution < 1.29 is 13.2 Å². The Labute approximate surface area is 136 Å². The van der Waals surface area contributed by atoms with E-state index in [1.54, 1.807) is 12.3 Å². The summed E-state index contributed by atoms with van der Waals surface area (Å²) in [5, 5.41) is 1.23. The van der Waals surface area contributed by atoms with Crippen molar-refractivity contribution in [1.29, 1.82) is 0 Å². The van der Waals surface area contributed by atoms with Crippen molar-refractivity contribution >= 4 is 15.7 Å². The van der Waals surface area contributed by atoms with Crippen LogP contribution in [0.4, 0.5) is 0 Å². The molecule has 23 heavy (non-hydrogen) atoms. The van der Waals surface area contributed by atoms with E-state index in [4.69, 9.17) is 0 Å². The standard InChI is InChI=1S/C16H21N3O3S/c20-16(11-14-4-10-23(21,22)13-14)19-8-6-18(7-9-19)12-15-3-1-2-5-17-15/h1-5,10,14H,6-9,11-13H2. The lowest BCUT2D eigenvalue weighted by Crippen LogP contribution is -2.48. The van der Waals surface area contributed by atoms with Crippen LogP contribution in [0.25, 0.3) is 0 Å². The Bertz CT molecular complexity index is 680. The van der Waals surface area contributed by atoms with Gasteiger partial charge in [0.15, 0.2) is 9.84 Å². The highest BCUT2D eigenvalue weighted by atomic mass is 32.2. The molecular formula is C16H21N3O3S. The molecule has 7 heteroatoms. The van der Waals surface area contributed by atoms with E-state index in [-0.39, 0.29) is 24.0 Å². The molecule has 0 bridgehead atoms. The number of allylic oxidation sites excluding steroid dienone is 1. The number of hydrogen-bond donors (Lipinski definition) is 0. The topological polar surface area (TPSA) is 70.6 Å². The minimum Gasteiger partial charge on any atom is -0.340 e. The molecule has 0 spiro atoms. The molecule has 1 unspecified atom stereocenters. The summed E-state index contributed by atoms with van der Waals surface area (Å²) in [5.41, 5.74) is 1.04. The first-order chi connectivity index (χ1) is 11.0. The second kappa shape index (κ2) is 6.80. The molecule has 6 nitrogen and oxygen atoms in total. The summed E-state index contributed by atoms with van der Waals surface area (Å²) in [6.07, 6.45) is 3.72. The summed E-state index contributed by atoms with van der Waals surface area (Å²) in [6, 6.07) is 5.88. The van der Waals surface area contributed by atoms with Gasteiger partial charge in [0.05, 0.1) is 11.4 Å². The molecular weight excluding hydrogens is 314 g/mol. The van der Waals surface area contributed by atoms with Gasteiger partial charge in [-0.05, 0) is 12.1 Å². The van der Waals surface area contributed by atoms with E-state index in [1.165, 1.54) is 5.41 Å². The van der Waals surface area contributed by atoms with Gasteiger partial charge in [-0.2, -0.15) is 0 Å². The van der Waals surface area contributed by atoms with Gasteiger partial charge in [0.25, 0.3) is 0 Å². The van der Waals surface area contributed by atoms with E-state index in [1.807, 2.05) is 23.1 Å². The zero-order valence-electron chi connectivity index (χ0n) is 13.0. The van der Waals surface area contributed by atoms with E-state index in [9.17, 15) is 13.2 Å². The van der Waals surface area contributed by atoms with Gasteiger partial charge >= 0.3 is 0 Å². The Hall–Kier alpha value is -1.73. The normalized spacial score (nSPS) is 24.0. The fourth-order valence-corrected chi connectivity index (χ4v) is 4.40. The van der Waals surface area contributed by atoms with Gasteiger partial charge in [0, 0.05) is 56.7 Å². The van der Waals surface area contributed by atoms with E-state index < -0.39 is 9.84 Å². The van der Waals surface area contributed by atoms with Crippen molar-refractivity contribution in [3.8, 4) is 0 Å². The highest BCUT2D eigenvalue weighted by molar-refractivity contribution is 7.94. The summed E-state index contributed by atoms with van der Waals surface area (Å²) < 4.78 is 22.8. The van der Waals surface area contributed by atoms with Gasteiger partial charge in [-0.15, -0.1) is 0 Å². The van der Waals surface area contributed by atoms with Crippen LogP contribution in [0.15, 0.2) is 35.9 Å². The van der Waals surface area contributed by atoms with Crippen LogP contribution in [0, 0.1) is 5.92 Å². The number of pyridine rings is 1. The lowest BCUT2D eigenvalue weighted by Gasteiger charge is -2.35. The summed E-state index contributed by atoms with van der Waals surface area (Å²) in [5.74, 6) is -0.0495. The molecule has 0 aliphatic carbocycles. The third kappa shape index (κ3) is 4.39. The Morgan fingerprint density at radius 2 is 2.00 bits per heavy atom. The van der Waals surface area contributed by atoms with Gasteiger partial charge in [-0.3, -0.25) is 14.7 Å². The van der Waals surface area contributed by atoms with E-state index >= 15 is 0 Å². The highest BCUT2D eigenvalue weighted by Crippen LogP contribution is 2.19. The molecule has 0 aromatic carbocycles. The molecule has 1 fully saturated rings. The quantitative estimate of drug-likeness (QED) is 0.809. The minimum absolute atomic E-state index is 0.0502. The molecule has 2 aliphatic heterocycles. The molecule has 1 saturated heterocycles. The van der Waals surface area contributed by atoms with Crippen molar-refractivity contribution in [1.82, 2.24) is 14.8 Å². The Morgan fingerprint density at radius 1 is 1.22 bits per heavy atom. The molecule has 1 amide bonds. The molecule has 1 aromatic rings. The SMILES string of the molecule is O=C(CC1C=CS(=O)(=O)C1)N1CCN(Cc2ccccn2)CC1. The van der Waals surface area contributed by atoms with Crippen molar-refractivity contribution in [3.05, 3.63) is 41.6 Å². The van der Waals surface area contributed by atoms with Crippen molar-refractivity contribution in [3.63, 3.8) is 0 Å². The van der Waals surface area contributed by atoms with Gasteiger partial charge in [0.2, 0.25) is 5.91 Å². The third-order valence-electron chi connectivity index (χ3n) is 4.28. The zero-order chi connectivity index (χ0) is 16.3.